The van der Waals surface area contributed by atoms with E-state index in [4.69, 9.17) is 11.6 Å². The number of benzene rings is 1. The first-order valence-corrected chi connectivity index (χ1v) is 6.32. The van der Waals surface area contributed by atoms with Gasteiger partial charge in [-0.15, -0.1) is 10.2 Å². The second kappa shape index (κ2) is 5.37. The first-order chi connectivity index (χ1) is 10.1. The number of nitrogens with one attached hydrogen (secondary N) is 2. The summed E-state index contributed by atoms with van der Waals surface area (Å²) in [5.74, 6) is -0.541. The summed E-state index contributed by atoms with van der Waals surface area (Å²) in [4.78, 5) is 11.9. The Hall–Kier alpha value is -2.67. The number of urea groups is 1. The predicted octanol–water partition coefficient (Wildman–Crippen LogP) is 3.17. The average Bonchev–Trinajstić information content (AvgIpc) is 2.90. The molecule has 0 fully saturated rings. The van der Waals surface area contributed by atoms with E-state index in [1.807, 2.05) is 0 Å². The number of pyridine rings is 1. The molecule has 0 aliphatic heterocycles. The molecule has 0 atom stereocenters. The number of hydrogen-bond acceptors (Lipinski definition) is 3. The molecule has 0 saturated heterocycles. The van der Waals surface area contributed by atoms with E-state index in [-0.39, 0.29) is 5.02 Å². The molecule has 8 heteroatoms. The van der Waals surface area contributed by atoms with Gasteiger partial charge in [-0.2, -0.15) is 0 Å². The number of hydrogen-bond donors (Lipinski definition) is 2. The minimum Gasteiger partial charge on any atom is -0.308 e. The summed E-state index contributed by atoms with van der Waals surface area (Å²) in [5.41, 5.74) is 1.63. The number of carbonyl (C=O) groups excluding carboxylic acids is 1. The molecule has 106 valence electrons. The molecule has 2 amide bonds. The highest BCUT2D eigenvalue weighted by Gasteiger charge is 2.06. The van der Waals surface area contributed by atoms with Crippen molar-refractivity contribution in [3.8, 4) is 0 Å². The molecule has 2 heterocycles. The molecule has 0 radical (unpaired) electrons. The molecular formula is C13H9ClFN5O. The van der Waals surface area contributed by atoms with Crippen molar-refractivity contribution < 1.29 is 9.18 Å². The van der Waals surface area contributed by atoms with E-state index in [1.165, 1.54) is 24.5 Å². The predicted molar refractivity (Wildman–Crippen MR) is 77.0 cm³/mol. The highest BCUT2D eigenvalue weighted by atomic mass is 35.5. The van der Waals surface area contributed by atoms with E-state index in [0.29, 0.717) is 17.0 Å². The zero-order chi connectivity index (χ0) is 14.8. The number of aromatic nitrogens is 3. The van der Waals surface area contributed by atoms with Gasteiger partial charge in [-0.05, 0) is 30.3 Å². The van der Waals surface area contributed by atoms with Crippen molar-refractivity contribution in [1.29, 1.82) is 0 Å². The number of amides is 2. The molecule has 0 aliphatic carbocycles. The lowest BCUT2D eigenvalue weighted by atomic mass is 10.3. The maximum absolute atomic E-state index is 13.0. The summed E-state index contributed by atoms with van der Waals surface area (Å²) in [6.07, 6.45) is 3.20. The van der Waals surface area contributed by atoms with Crippen molar-refractivity contribution in [1.82, 2.24) is 14.6 Å². The number of carbonyl (C=O) groups is 1. The van der Waals surface area contributed by atoms with Crippen molar-refractivity contribution in [2.75, 3.05) is 10.6 Å². The van der Waals surface area contributed by atoms with Crippen molar-refractivity contribution in [3.05, 3.63) is 53.7 Å². The second-order valence-corrected chi connectivity index (χ2v) is 4.63. The maximum atomic E-state index is 13.0. The molecule has 21 heavy (non-hydrogen) atoms. The van der Waals surface area contributed by atoms with Gasteiger partial charge in [0.05, 0.1) is 10.7 Å². The molecule has 0 saturated carbocycles. The fraction of sp³-hybridized carbons (Fsp3) is 0. The standard InChI is InChI=1S/C13H9ClFN5O/c14-10-5-8(1-3-11(10)15)17-13(21)18-9-2-4-12-19-16-7-20(12)6-9/h1-7H,(H2,17,18,21). The Morgan fingerprint density at radius 3 is 2.76 bits per heavy atom. The lowest BCUT2D eigenvalue weighted by Crippen LogP contribution is -2.19. The lowest BCUT2D eigenvalue weighted by molar-refractivity contribution is 0.262. The van der Waals surface area contributed by atoms with Gasteiger partial charge in [0.1, 0.15) is 12.1 Å². The SMILES string of the molecule is O=C(Nc1ccc(F)c(Cl)c1)Nc1ccc2nncn2c1. The quantitative estimate of drug-likeness (QED) is 0.764. The van der Waals surface area contributed by atoms with Crippen LogP contribution in [-0.2, 0) is 0 Å². The fourth-order valence-corrected chi connectivity index (χ4v) is 1.95. The summed E-state index contributed by atoms with van der Waals surface area (Å²) in [6, 6.07) is 6.88. The minimum atomic E-state index is -0.541. The summed E-state index contributed by atoms with van der Waals surface area (Å²) < 4.78 is 14.7. The topological polar surface area (TPSA) is 71.3 Å². The van der Waals surface area contributed by atoms with E-state index in [1.54, 1.807) is 22.7 Å². The molecule has 0 unspecified atom stereocenters. The Labute approximate surface area is 123 Å². The number of anilines is 2. The van der Waals surface area contributed by atoms with Crippen LogP contribution in [0.5, 0.6) is 0 Å². The van der Waals surface area contributed by atoms with Crippen molar-refractivity contribution in [3.63, 3.8) is 0 Å². The highest BCUT2D eigenvalue weighted by Crippen LogP contribution is 2.19. The Morgan fingerprint density at radius 1 is 1.19 bits per heavy atom. The van der Waals surface area contributed by atoms with E-state index < -0.39 is 11.8 Å². The van der Waals surface area contributed by atoms with Crippen LogP contribution in [-0.4, -0.2) is 20.6 Å². The zero-order valence-electron chi connectivity index (χ0n) is 10.5. The van der Waals surface area contributed by atoms with Gasteiger partial charge in [-0.1, -0.05) is 11.6 Å². The fourth-order valence-electron chi connectivity index (χ4n) is 1.77. The average molecular weight is 306 g/mol. The molecular weight excluding hydrogens is 297 g/mol. The summed E-state index contributed by atoms with van der Waals surface area (Å²) in [6.45, 7) is 0. The smallest absolute Gasteiger partial charge is 0.308 e. The molecule has 2 N–H and O–H groups in total. The highest BCUT2D eigenvalue weighted by molar-refractivity contribution is 6.31. The van der Waals surface area contributed by atoms with Crippen LogP contribution in [0.3, 0.4) is 0 Å². The Kier molecular flexibility index (Phi) is 3.41. The van der Waals surface area contributed by atoms with E-state index in [0.717, 1.165) is 0 Å². The zero-order valence-corrected chi connectivity index (χ0v) is 11.3. The monoisotopic (exact) mass is 305 g/mol. The molecule has 0 bridgehead atoms. The molecule has 3 aromatic rings. The van der Waals surface area contributed by atoms with Crippen LogP contribution < -0.4 is 10.6 Å². The normalized spacial score (nSPS) is 10.6. The van der Waals surface area contributed by atoms with Crippen LogP contribution in [0.1, 0.15) is 0 Å². The van der Waals surface area contributed by atoms with Crippen LogP contribution >= 0.6 is 11.6 Å². The van der Waals surface area contributed by atoms with Gasteiger partial charge < -0.3 is 10.6 Å². The van der Waals surface area contributed by atoms with Crippen molar-refractivity contribution >= 4 is 34.7 Å². The summed E-state index contributed by atoms with van der Waals surface area (Å²) in [5, 5.41) is 12.7. The third kappa shape index (κ3) is 2.92. The second-order valence-electron chi connectivity index (χ2n) is 4.22. The van der Waals surface area contributed by atoms with Crippen molar-refractivity contribution in [2.24, 2.45) is 0 Å². The molecule has 3 rings (SSSR count). The van der Waals surface area contributed by atoms with Gasteiger partial charge in [0, 0.05) is 11.9 Å². The molecule has 1 aromatic carbocycles. The molecule has 0 aliphatic rings. The van der Waals surface area contributed by atoms with Gasteiger partial charge in [-0.25, -0.2) is 9.18 Å². The van der Waals surface area contributed by atoms with Gasteiger partial charge in [0.15, 0.2) is 5.65 Å². The van der Waals surface area contributed by atoms with Crippen LogP contribution in [0, 0.1) is 5.82 Å². The summed E-state index contributed by atoms with van der Waals surface area (Å²) >= 11 is 5.65. The van der Waals surface area contributed by atoms with Gasteiger partial charge >= 0.3 is 6.03 Å². The first-order valence-electron chi connectivity index (χ1n) is 5.94. The molecule has 2 aromatic heterocycles. The minimum absolute atomic E-state index is 0.0568. The van der Waals surface area contributed by atoms with E-state index in [9.17, 15) is 9.18 Å². The van der Waals surface area contributed by atoms with Gasteiger partial charge in [0.2, 0.25) is 0 Å². The molecule has 6 nitrogen and oxygen atoms in total. The van der Waals surface area contributed by atoms with E-state index >= 15 is 0 Å². The number of nitrogens with zero attached hydrogens (tertiary/aromatic N) is 3. The Balaban J connectivity index is 1.71. The third-order valence-electron chi connectivity index (χ3n) is 2.73. The van der Waals surface area contributed by atoms with Crippen LogP contribution in [0.25, 0.3) is 5.65 Å². The van der Waals surface area contributed by atoms with Crippen molar-refractivity contribution in [2.45, 2.75) is 0 Å². The molecule has 0 spiro atoms. The third-order valence-corrected chi connectivity index (χ3v) is 3.02. The number of rotatable bonds is 2. The van der Waals surface area contributed by atoms with E-state index in [2.05, 4.69) is 20.8 Å². The Bertz CT molecular complexity index is 819. The van der Waals surface area contributed by atoms with Crippen LogP contribution in [0.4, 0.5) is 20.6 Å². The van der Waals surface area contributed by atoms with Crippen LogP contribution in [0.15, 0.2) is 42.9 Å². The number of halogens is 2. The van der Waals surface area contributed by atoms with Gasteiger partial charge in [-0.3, -0.25) is 4.40 Å². The van der Waals surface area contributed by atoms with Gasteiger partial charge in [0.25, 0.3) is 0 Å². The largest absolute Gasteiger partial charge is 0.323 e. The number of fused-ring (bicyclic) bond motifs is 1. The lowest BCUT2D eigenvalue weighted by Gasteiger charge is -2.08. The Morgan fingerprint density at radius 2 is 1.95 bits per heavy atom. The van der Waals surface area contributed by atoms with Crippen LogP contribution in [0.2, 0.25) is 5.02 Å². The summed E-state index contributed by atoms with van der Waals surface area (Å²) in [7, 11) is 0. The maximum Gasteiger partial charge on any atom is 0.323 e. The first kappa shape index (κ1) is 13.3.